The first-order chi connectivity index (χ1) is 8.67. The first-order valence-corrected chi connectivity index (χ1v) is 6.50. The minimum absolute atomic E-state index is 0. The van der Waals surface area contributed by atoms with Gasteiger partial charge in [-0.1, -0.05) is 12.1 Å². The second-order valence-corrected chi connectivity index (χ2v) is 5.19. The molecule has 3 N–H and O–H groups in total. The Morgan fingerprint density at radius 1 is 1.32 bits per heavy atom. The number of nitrogens with two attached hydrogens (primary N) is 1. The van der Waals surface area contributed by atoms with Crippen molar-refractivity contribution in [2.24, 2.45) is 11.7 Å². The van der Waals surface area contributed by atoms with E-state index in [9.17, 15) is 4.39 Å². The van der Waals surface area contributed by atoms with Crippen LogP contribution in [0.5, 0.6) is 0 Å². The molecule has 5 heteroatoms. The highest BCUT2D eigenvalue weighted by Crippen LogP contribution is 2.20. The zero-order valence-electron chi connectivity index (χ0n) is 11.0. The molecule has 1 fully saturated rings. The van der Waals surface area contributed by atoms with Gasteiger partial charge in [-0.3, -0.25) is 0 Å². The van der Waals surface area contributed by atoms with Crippen molar-refractivity contribution in [2.75, 3.05) is 26.2 Å². The van der Waals surface area contributed by atoms with Crippen LogP contribution in [0.2, 0.25) is 0 Å². The van der Waals surface area contributed by atoms with E-state index in [1.165, 1.54) is 17.7 Å². The van der Waals surface area contributed by atoms with Gasteiger partial charge in [-0.2, -0.15) is 0 Å². The smallest absolute Gasteiger partial charge is 0.123 e. The highest BCUT2D eigenvalue weighted by atomic mass is 35.5. The fourth-order valence-electron chi connectivity index (χ4n) is 2.38. The molecule has 0 amide bonds. The van der Waals surface area contributed by atoms with Gasteiger partial charge >= 0.3 is 0 Å². The number of aliphatic hydroxyl groups excluding tert-OH is 1. The SMILES string of the molecule is Cl.NC(CO)CCN1CC(Cc2ccc(F)cc2)C1. The van der Waals surface area contributed by atoms with E-state index in [0.717, 1.165) is 32.5 Å². The summed E-state index contributed by atoms with van der Waals surface area (Å²) in [6.45, 7) is 3.18. The number of rotatable bonds is 6. The Morgan fingerprint density at radius 3 is 2.53 bits per heavy atom. The standard InChI is InChI=1S/C14H21FN2O.ClH/c15-13-3-1-11(2-4-13)7-12-8-17(9-12)6-5-14(16)10-18;/h1-4,12,14,18H,5-10,16H2;1H. The van der Waals surface area contributed by atoms with Crippen LogP contribution in [0.4, 0.5) is 4.39 Å². The lowest BCUT2D eigenvalue weighted by molar-refractivity contribution is 0.0937. The van der Waals surface area contributed by atoms with Crippen LogP contribution in [0.15, 0.2) is 24.3 Å². The molecule has 1 saturated heterocycles. The largest absolute Gasteiger partial charge is 0.395 e. The summed E-state index contributed by atoms with van der Waals surface area (Å²) in [6.07, 6.45) is 1.86. The van der Waals surface area contributed by atoms with Gasteiger partial charge in [-0.05, 0) is 43.0 Å². The van der Waals surface area contributed by atoms with Crippen molar-refractivity contribution in [3.63, 3.8) is 0 Å². The van der Waals surface area contributed by atoms with Crippen LogP contribution in [0.25, 0.3) is 0 Å². The quantitative estimate of drug-likeness (QED) is 0.833. The number of benzene rings is 1. The van der Waals surface area contributed by atoms with Crippen LogP contribution >= 0.6 is 12.4 Å². The van der Waals surface area contributed by atoms with Crippen LogP contribution in [0.3, 0.4) is 0 Å². The summed E-state index contributed by atoms with van der Waals surface area (Å²) in [7, 11) is 0. The lowest BCUT2D eigenvalue weighted by Crippen LogP contribution is -2.49. The Kier molecular flexibility index (Phi) is 6.72. The number of halogens is 2. The minimum atomic E-state index is -0.174. The lowest BCUT2D eigenvalue weighted by Gasteiger charge is -2.40. The van der Waals surface area contributed by atoms with Crippen molar-refractivity contribution < 1.29 is 9.50 Å². The van der Waals surface area contributed by atoms with Gasteiger partial charge in [0, 0.05) is 19.1 Å². The van der Waals surface area contributed by atoms with Gasteiger partial charge in [0.2, 0.25) is 0 Å². The molecule has 1 unspecified atom stereocenters. The van der Waals surface area contributed by atoms with Crippen molar-refractivity contribution in [1.82, 2.24) is 4.90 Å². The normalized spacial score (nSPS) is 17.6. The highest BCUT2D eigenvalue weighted by molar-refractivity contribution is 5.85. The third kappa shape index (κ3) is 5.07. The van der Waals surface area contributed by atoms with Gasteiger partial charge in [-0.15, -0.1) is 12.4 Å². The molecule has 0 bridgehead atoms. The number of hydrogen-bond donors (Lipinski definition) is 2. The maximum Gasteiger partial charge on any atom is 0.123 e. The molecular weight excluding hydrogens is 267 g/mol. The van der Waals surface area contributed by atoms with E-state index in [2.05, 4.69) is 4.90 Å². The highest BCUT2D eigenvalue weighted by Gasteiger charge is 2.26. The lowest BCUT2D eigenvalue weighted by atomic mass is 9.92. The Bertz CT molecular complexity index is 368. The summed E-state index contributed by atoms with van der Waals surface area (Å²) in [5, 5.41) is 8.83. The van der Waals surface area contributed by atoms with E-state index in [-0.39, 0.29) is 30.9 Å². The first-order valence-electron chi connectivity index (χ1n) is 6.50. The number of likely N-dealkylation sites (tertiary alicyclic amines) is 1. The molecule has 0 aliphatic carbocycles. The van der Waals surface area contributed by atoms with Gasteiger partial charge in [0.15, 0.2) is 0 Å². The van der Waals surface area contributed by atoms with Gasteiger partial charge in [0.05, 0.1) is 6.61 Å². The zero-order valence-corrected chi connectivity index (χ0v) is 11.8. The zero-order chi connectivity index (χ0) is 13.0. The van der Waals surface area contributed by atoms with Gasteiger partial charge in [0.25, 0.3) is 0 Å². The van der Waals surface area contributed by atoms with E-state index in [1.807, 2.05) is 12.1 Å². The molecule has 1 heterocycles. The summed E-state index contributed by atoms with van der Waals surface area (Å²) in [5.74, 6) is 0.493. The average molecular weight is 289 g/mol. The monoisotopic (exact) mass is 288 g/mol. The van der Waals surface area contributed by atoms with Crippen LogP contribution in [-0.2, 0) is 6.42 Å². The molecule has 0 saturated carbocycles. The maximum atomic E-state index is 12.8. The number of hydrogen-bond acceptors (Lipinski definition) is 3. The van der Waals surface area contributed by atoms with E-state index >= 15 is 0 Å². The second-order valence-electron chi connectivity index (χ2n) is 5.19. The van der Waals surface area contributed by atoms with Crippen molar-refractivity contribution in [2.45, 2.75) is 18.9 Å². The summed E-state index contributed by atoms with van der Waals surface area (Å²) < 4.78 is 12.8. The predicted molar refractivity (Wildman–Crippen MR) is 77.0 cm³/mol. The molecule has 1 aromatic rings. The van der Waals surface area contributed by atoms with E-state index in [4.69, 9.17) is 10.8 Å². The fourth-order valence-corrected chi connectivity index (χ4v) is 2.38. The molecule has 1 aliphatic rings. The molecule has 19 heavy (non-hydrogen) atoms. The van der Waals surface area contributed by atoms with E-state index in [0.29, 0.717) is 5.92 Å². The molecule has 1 aromatic carbocycles. The molecule has 3 nitrogen and oxygen atoms in total. The molecule has 2 rings (SSSR count). The van der Waals surface area contributed by atoms with Gasteiger partial charge in [0.1, 0.15) is 5.82 Å². The summed E-state index contributed by atoms with van der Waals surface area (Å²) in [5.41, 5.74) is 6.86. The summed E-state index contributed by atoms with van der Waals surface area (Å²) >= 11 is 0. The molecule has 0 spiro atoms. The third-order valence-electron chi connectivity index (χ3n) is 3.52. The molecular formula is C14H22ClFN2O. The van der Waals surface area contributed by atoms with Crippen molar-refractivity contribution in [3.05, 3.63) is 35.6 Å². The van der Waals surface area contributed by atoms with Crippen molar-refractivity contribution in [3.8, 4) is 0 Å². The van der Waals surface area contributed by atoms with Crippen LogP contribution < -0.4 is 5.73 Å². The Labute approximate surface area is 120 Å². The van der Waals surface area contributed by atoms with Crippen LogP contribution in [-0.4, -0.2) is 42.3 Å². The molecule has 1 atom stereocenters. The molecule has 0 aromatic heterocycles. The summed E-state index contributed by atoms with van der Waals surface area (Å²) in [4.78, 5) is 2.35. The Balaban J connectivity index is 0.00000180. The minimum Gasteiger partial charge on any atom is -0.395 e. The Morgan fingerprint density at radius 2 is 1.95 bits per heavy atom. The van der Waals surface area contributed by atoms with Crippen LogP contribution in [0.1, 0.15) is 12.0 Å². The maximum absolute atomic E-state index is 12.8. The summed E-state index contributed by atoms with van der Waals surface area (Å²) in [6, 6.07) is 6.67. The second kappa shape index (κ2) is 7.80. The van der Waals surface area contributed by atoms with E-state index < -0.39 is 0 Å². The number of nitrogens with zero attached hydrogens (tertiary/aromatic N) is 1. The predicted octanol–water partition coefficient (Wildman–Crippen LogP) is 1.43. The fraction of sp³-hybridized carbons (Fsp3) is 0.571. The van der Waals surface area contributed by atoms with Gasteiger partial charge in [-0.25, -0.2) is 4.39 Å². The molecule has 0 radical (unpaired) electrons. The third-order valence-corrected chi connectivity index (χ3v) is 3.52. The topological polar surface area (TPSA) is 49.5 Å². The molecule has 1 aliphatic heterocycles. The van der Waals surface area contributed by atoms with Gasteiger partial charge < -0.3 is 15.7 Å². The van der Waals surface area contributed by atoms with Crippen LogP contribution in [0, 0.1) is 11.7 Å². The number of aliphatic hydroxyl groups is 1. The molecule has 108 valence electrons. The van der Waals surface area contributed by atoms with Crippen molar-refractivity contribution >= 4 is 12.4 Å². The van der Waals surface area contributed by atoms with E-state index in [1.54, 1.807) is 0 Å². The Hall–Kier alpha value is -0.680. The average Bonchev–Trinajstić information content (AvgIpc) is 2.33. The first kappa shape index (κ1) is 16.4. The van der Waals surface area contributed by atoms with Crippen molar-refractivity contribution in [1.29, 1.82) is 0 Å².